The van der Waals surface area contributed by atoms with E-state index in [0.29, 0.717) is 5.56 Å². The van der Waals surface area contributed by atoms with E-state index < -0.39 is 5.97 Å². The number of carboxylic acid groups (broad SMARTS) is 1. The van der Waals surface area contributed by atoms with Crippen LogP contribution in [0, 0.1) is 0 Å². The Hall–Kier alpha value is -1.31. The van der Waals surface area contributed by atoms with Crippen molar-refractivity contribution in [3.8, 4) is 0 Å². The van der Waals surface area contributed by atoms with E-state index in [4.69, 9.17) is 0 Å². The molecule has 0 bridgehead atoms. The van der Waals surface area contributed by atoms with Gasteiger partial charge in [-0.05, 0) is 35.4 Å². The molecule has 1 rings (SSSR count). The van der Waals surface area contributed by atoms with Gasteiger partial charge in [0.1, 0.15) is 0 Å². The van der Waals surface area contributed by atoms with Gasteiger partial charge in [0.2, 0.25) is 0 Å². The van der Waals surface area contributed by atoms with Crippen LogP contribution in [-0.2, 0) is 11.8 Å². The number of carboxylic acids is 1. The standard InChI is InChI=1S/C27H46O2/c1-5-6-7-8-9-10-11-12-13-14-15-16-17-18-19-23-22-24(27(2,3)4)20-21-25(23)26(28)29/h20-22H,5-19H2,1-4H3,(H,28,29). The lowest BCUT2D eigenvalue weighted by Crippen LogP contribution is -2.13. The Morgan fingerprint density at radius 3 is 1.62 bits per heavy atom. The van der Waals surface area contributed by atoms with E-state index >= 15 is 0 Å². The zero-order valence-corrected chi connectivity index (χ0v) is 19.7. The van der Waals surface area contributed by atoms with Crippen molar-refractivity contribution in [3.63, 3.8) is 0 Å². The van der Waals surface area contributed by atoms with Gasteiger partial charge in [-0.15, -0.1) is 0 Å². The molecule has 166 valence electrons. The maximum absolute atomic E-state index is 11.5. The Morgan fingerprint density at radius 1 is 0.759 bits per heavy atom. The number of hydrogen-bond donors (Lipinski definition) is 1. The van der Waals surface area contributed by atoms with Crippen LogP contribution in [-0.4, -0.2) is 11.1 Å². The molecular formula is C27H46O2. The molecule has 0 saturated carbocycles. The van der Waals surface area contributed by atoms with Crippen molar-refractivity contribution in [2.75, 3.05) is 0 Å². The van der Waals surface area contributed by atoms with Gasteiger partial charge in [0, 0.05) is 0 Å². The quantitative estimate of drug-likeness (QED) is 0.281. The predicted octanol–water partition coefficient (Wildman–Crippen LogP) is 8.71. The molecule has 1 aromatic carbocycles. The Kier molecular flexibility index (Phi) is 13.0. The summed E-state index contributed by atoms with van der Waals surface area (Å²) in [6, 6.07) is 5.88. The summed E-state index contributed by atoms with van der Waals surface area (Å²) < 4.78 is 0. The smallest absolute Gasteiger partial charge is 0.335 e. The average molecular weight is 403 g/mol. The van der Waals surface area contributed by atoms with Crippen molar-refractivity contribution in [2.45, 2.75) is 129 Å². The lowest BCUT2D eigenvalue weighted by atomic mass is 9.84. The van der Waals surface area contributed by atoms with Gasteiger partial charge in [-0.3, -0.25) is 0 Å². The number of hydrogen-bond acceptors (Lipinski definition) is 1. The first-order chi connectivity index (χ1) is 13.9. The van der Waals surface area contributed by atoms with Crippen molar-refractivity contribution in [3.05, 3.63) is 34.9 Å². The van der Waals surface area contributed by atoms with Crippen LogP contribution in [0.4, 0.5) is 0 Å². The van der Waals surface area contributed by atoms with Gasteiger partial charge in [0.05, 0.1) is 5.56 Å². The Balaban J connectivity index is 2.15. The molecule has 0 atom stereocenters. The second kappa shape index (κ2) is 14.6. The molecule has 0 spiro atoms. The normalized spacial score (nSPS) is 11.7. The monoisotopic (exact) mass is 402 g/mol. The minimum absolute atomic E-state index is 0.0568. The summed E-state index contributed by atoms with van der Waals surface area (Å²) in [6.45, 7) is 8.81. The van der Waals surface area contributed by atoms with Gasteiger partial charge in [-0.2, -0.15) is 0 Å². The Labute approximate surface area is 180 Å². The first-order valence-electron chi connectivity index (χ1n) is 12.2. The average Bonchev–Trinajstić information content (AvgIpc) is 2.67. The van der Waals surface area contributed by atoms with Crippen LogP contribution in [0.1, 0.15) is 139 Å². The predicted molar refractivity (Wildman–Crippen MR) is 126 cm³/mol. The number of unbranched alkanes of at least 4 members (excludes halogenated alkanes) is 13. The summed E-state index contributed by atoms with van der Waals surface area (Å²) in [5.74, 6) is -0.800. The summed E-state index contributed by atoms with van der Waals surface area (Å²) in [5.41, 5.74) is 2.76. The molecule has 1 N–H and O–H groups in total. The summed E-state index contributed by atoms with van der Waals surface area (Å²) in [6.07, 6.45) is 19.8. The number of benzene rings is 1. The maximum Gasteiger partial charge on any atom is 0.335 e. The molecule has 0 saturated heterocycles. The fourth-order valence-corrected chi connectivity index (χ4v) is 3.99. The number of rotatable bonds is 16. The molecule has 0 aliphatic rings. The van der Waals surface area contributed by atoms with Gasteiger partial charge < -0.3 is 5.11 Å². The summed E-state index contributed by atoms with van der Waals surface area (Å²) in [4.78, 5) is 11.5. The molecule has 29 heavy (non-hydrogen) atoms. The lowest BCUT2D eigenvalue weighted by Gasteiger charge is -2.20. The van der Waals surface area contributed by atoms with E-state index in [1.165, 1.54) is 89.0 Å². The third-order valence-corrected chi connectivity index (χ3v) is 6.00. The highest BCUT2D eigenvalue weighted by atomic mass is 16.4. The fourth-order valence-electron chi connectivity index (χ4n) is 3.99. The van der Waals surface area contributed by atoms with Gasteiger partial charge in [-0.1, -0.05) is 123 Å². The molecule has 2 nitrogen and oxygen atoms in total. The first kappa shape index (κ1) is 25.7. The van der Waals surface area contributed by atoms with Crippen LogP contribution in [0.15, 0.2) is 18.2 Å². The van der Waals surface area contributed by atoms with Crippen molar-refractivity contribution >= 4 is 5.97 Å². The first-order valence-corrected chi connectivity index (χ1v) is 12.2. The molecule has 0 aliphatic heterocycles. The number of aryl methyl sites for hydroxylation is 1. The van der Waals surface area contributed by atoms with Crippen LogP contribution in [0.25, 0.3) is 0 Å². The highest BCUT2D eigenvalue weighted by molar-refractivity contribution is 5.89. The zero-order chi connectivity index (χ0) is 21.5. The molecule has 0 aliphatic carbocycles. The number of aromatic carboxylic acids is 1. The second-order valence-electron chi connectivity index (χ2n) is 9.77. The van der Waals surface area contributed by atoms with E-state index in [1.54, 1.807) is 6.07 Å². The third-order valence-electron chi connectivity index (χ3n) is 6.00. The third kappa shape index (κ3) is 11.5. The van der Waals surface area contributed by atoms with Crippen LogP contribution in [0.2, 0.25) is 0 Å². The topological polar surface area (TPSA) is 37.3 Å². The van der Waals surface area contributed by atoms with E-state index in [1.807, 2.05) is 6.07 Å². The molecule has 1 aromatic rings. The van der Waals surface area contributed by atoms with Crippen LogP contribution >= 0.6 is 0 Å². The van der Waals surface area contributed by atoms with E-state index in [9.17, 15) is 9.90 Å². The Bertz CT molecular complexity index is 568. The van der Waals surface area contributed by atoms with Crippen LogP contribution in [0.3, 0.4) is 0 Å². The molecule has 0 unspecified atom stereocenters. The fraction of sp³-hybridized carbons (Fsp3) is 0.741. The van der Waals surface area contributed by atoms with Gasteiger partial charge >= 0.3 is 5.97 Å². The van der Waals surface area contributed by atoms with E-state index in [-0.39, 0.29) is 5.41 Å². The van der Waals surface area contributed by atoms with Gasteiger partial charge in [-0.25, -0.2) is 4.79 Å². The molecule has 0 amide bonds. The minimum atomic E-state index is -0.800. The SMILES string of the molecule is CCCCCCCCCCCCCCCCc1cc(C(C)(C)C)ccc1C(=O)O. The minimum Gasteiger partial charge on any atom is -0.478 e. The highest BCUT2D eigenvalue weighted by Crippen LogP contribution is 2.26. The van der Waals surface area contributed by atoms with Crippen molar-refractivity contribution in [1.82, 2.24) is 0 Å². The van der Waals surface area contributed by atoms with Gasteiger partial charge in [0.15, 0.2) is 0 Å². The second-order valence-corrected chi connectivity index (χ2v) is 9.77. The van der Waals surface area contributed by atoms with E-state index in [0.717, 1.165) is 18.4 Å². The maximum atomic E-state index is 11.5. The summed E-state index contributed by atoms with van der Waals surface area (Å²) in [5, 5.41) is 9.47. The zero-order valence-electron chi connectivity index (χ0n) is 19.7. The molecule has 0 fully saturated rings. The Morgan fingerprint density at radius 2 is 1.21 bits per heavy atom. The van der Waals surface area contributed by atoms with E-state index in [2.05, 4.69) is 33.8 Å². The largest absolute Gasteiger partial charge is 0.478 e. The van der Waals surface area contributed by atoms with Crippen molar-refractivity contribution in [1.29, 1.82) is 0 Å². The van der Waals surface area contributed by atoms with Crippen molar-refractivity contribution in [2.24, 2.45) is 0 Å². The molecule has 0 aromatic heterocycles. The lowest BCUT2D eigenvalue weighted by molar-refractivity contribution is 0.0695. The molecule has 2 heteroatoms. The van der Waals surface area contributed by atoms with Crippen molar-refractivity contribution < 1.29 is 9.90 Å². The van der Waals surface area contributed by atoms with Gasteiger partial charge in [0.25, 0.3) is 0 Å². The molecule has 0 radical (unpaired) electrons. The number of carbonyl (C=O) groups is 1. The highest BCUT2D eigenvalue weighted by Gasteiger charge is 2.17. The summed E-state index contributed by atoms with van der Waals surface area (Å²) in [7, 11) is 0. The van der Waals surface area contributed by atoms with Crippen LogP contribution in [0.5, 0.6) is 0 Å². The summed E-state index contributed by atoms with van der Waals surface area (Å²) >= 11 is 0. The molecule has 0 heterocycles. The van der Waals surface area contributed by atoms with Crippen LogP contribution < -0.4 is 0 Å². The molecular weight excluding hydrogens is 356 g/mol.